The number of aliphatic imine (C=N–C) groups is 1. The number of rotatable bonds is 5. The molecule has 0 spiro atoms. The zero-order valence-electron chi connectivity index (χ0n) is 14.0. The summed E-state index contributed by atoms with van der Waals surface area (Å²) in [4.78, 5) is 26.5. The Bertz CT molecular complexity index is 931. The molecule has 132 valence electrons. The molecule has 0 saturated heterocycles. The molecule has 0 bridgehead atoms. The lowest BCUT2D eigenvalue weighted by molar-refractivity contribution is -0.384. The molecule has 1 aliphatic heterocycles. The fourth-order valence-corrected chi connectivity index (χ4v) is 2.36. The maximum absolute atomic E-state index is 12.1. The zero-order valence-corrected chi connectivity index (χ0v) is 14.0. The first-order valence-corrected chi connectivity index (χ1v) is 7.51. The molecule has 0 N–H and O–H groups in total. The van der Waals surface area contributed by atoms with Crippen LogP contribution < -0.4 is 9.47 Å². The van der Waals surface area contributed by atoms with Gasteiger partial charge in [0.15, 0.2) is 5.70 Å². The predicted octanol–water partition coefficient (Wildman–Crippen LogP) is 2.96. The Morgan fingerprint density at radius 1 is 1.12 bits per heavy atom. The van der Waals surface area contributed by atoms with Crippen molar-refractivity contribution in [1.82, 2.24) is 0 Å². The van der Waals surface area contributed by atoms with E-state index in [1.54, 1.807) is 18.2 Å². The Labute approximate surface area is 148 Å². The summed E-state index contributed by atoms with van der Waals surface area (Å²) in [6.45, 7) is 0. The van der Waals surface area contributed by atoms with Gasteiger partial charge in [-0.3, -0.25) is 10.1 Å². The van der Waals surface area contributed by atoms with Crippen molar-refractivity contribution >= 4 is 23.6 Å². The molecular formula is C18H14N2O6. The normalized spacial score (nSPS) is 14.8. The van der Waals surface area contributed by atoms with E-state index in [0.717, 1.165) is 0 Å². The van der Waals surface area contributed by atoms with Crippen LogP contribution in [0.2, 0.25) is 0 Å². The zero-order chi connectivity index (χ0) is 18.7. The summed E-state index contributed by atoms with van der Waals surface area (Å²) in [5.74, 6) is 0.606. The summed E-state index contributed by atoms with van der Waals surface area (Å²) in [5, 5.41) is 10.7. The van der Waals surface area contributed by atoms with Gasteiger partial charge in [0.25, 0.3) is 5.69 Å². The first-order chi connectivity index (χ1) is 12.5. The van der Waals surface area contributed by atoms with Gasteiger partial charge in [-0.25, -0.2) is 9.79 Å². The summed E-state index contributed by atoms with van der Waals surface area (Å²) in [6, 6.07) is 10.7. The average Bonchev–Trinajstić information content (AvgIpc) is 3.02. The molecule has 1 heterocycles. The Balaban J connectivity index is 1.95. The van der Waals surface area contributed by atoms with E-state index in [2.05, 4.69) is 4.99 Å². The van der Waals surface area contributed by atoms with E-state index in [1.165, 1.54) is 44.6 Å². The predicted molar refractivity (Wildman–Crippen MR) is 93.2 cm³/mol. The van der Waals surface area contributed by atoms with Gasteiger partial charge in [-0.15, -0.1) is 0 Å². The highest BCUT2D eigenvalue weighted by Gasteiger charge is 2.25. The van der Waals surface area contributed by atoms with Gasteiger partial charge in [-0.1, -0.05) is 0 Å². The molecule has 8 heteroatoms. The van der Waals surface area contributed by atoms with Crippen molar-refractivity contribution in [1.29, 1.82) is 0 Å². The van der Waals surface area contributed by atoms with E-state index < -0.39 is 10.9 Å². The van der Waals surface area contributed by atoms with Crippen molar-refractivity contribution in [3.8, 4) is 11.5 Å². The SMILES string of the molecule is COc1ccc(OC)c(/C=C2/N=C(c3ccc([N+](=O)[O-])cc3)OC2=O)c1. The number of hydrogen-bond donors (Lipinski definition) is 0. The quantitative estimate of drug-likeness (QED) is 0.354. The van der Waals surface area contributed by atoms with Gasteiger partial charge in [0.1, 0.15) is 11.5 Å². The highest BCUT2D eigenvalue weighted by Crippen LogP contribution is 2.28. The van der Waals surface area contributed by atoms with Gasteiger partial charge < -0.3 is 14.2 Å². The van der Waals surface area contributed by atoms with Crippen LogP contribution in [0.4, 0.5) is 5.69 Å². The minimum atomic E-state index is -0.622. The summed E-state index contributed by atoms with van der Waals surface area (Å²) in [7, 11) is 3.05. The monoisotopic (exact) mass is 354 g/mol. The van der Waals surface area contributed by atoms with Crippen molar-refractivity contribution in [3.63, 3.8) is 0 Å². The number of nitrogens with zero attached hydrogens (tertiary/aromatic N) is 2. The average molecular weight is 354 g/mol. The van der Waals surface area contributed by atoms with Crippen LogP contribution in [0, 0.1) is 10.1 Å². The molecule has 2 aromatic carbocycles. The van der Waals surface area contributed by atoms with Gasteiger partial charge in [-0.05, 0) is 36.4 Å². The molecule has 3 rings (SSSR count). The second-order valence-electron chi connectivity index (χ2n) is 5.25. The maximum Gasteiger partial charge on any atom is 0.363 e. The molecule has 0 aliphatic carbocycles. The Morgan fingerprint density at radius 3 is 2.46 bits per heavy atom. The molecule has 0 aromatic heterocycles. The number of cyclic esters (lactones) is 1. The first-order valence-electron chi connectivity index (χ1n) is 7.51. The van der Waals surface area contributed by atoms with Crippen LogP contribution in [0.3, 0.4) is 0 Å². The third-order valence-electron chi connectivity index (χ3n) is 3.67. The second kappa shape index (κ2) is 7.06. The number of nitro groups is 1. The molecule has 0 unspecified atom stereocenters. The lowest BCUT2D eigenvalue weighted by Gasteiger charge is -2.07. The van der Waals surface area contributed by atoms with Crippen LogP contribution in [0.15, 0.2) is 53.2 Å². The number of benzene rings is 2. The number of carbonyl (C=O) groups is 1. The van der Waals surface area contributed by atoms with E-state index in [4.69, 9.17) is 14.2 Å². The topological polar surface area (TPSA) is 100 Å². The van der Waals surface area contributed by atoms with Crippen molar-refractivity contribution in [2.45, 2.75) is 0 Å². The van der Waals surface area contributed by atoms with Crippen LogP contribution in [0.1, 0.15) is 11.1 Å². The molecule has 1 aliphatic rings. The third-order valence-corrected chi connectivity index (χ3v) is 3.67. The molecule has 0 fully saturated rings. The van der Waals surface area contributed by atoms with Gasteiger partial charge in [0, 0.05) is 23.3 Å². The maximum atomic E-state index is 12.1. The van der Waals surface area contributed by atoms with E-state index in [-0.39, 0.29) is 17.3 Å². The summed E-state index contributed by atoms with van der Waals surface area (Å²) in [6.07, 6.45) is 1.53. The van der Waals surface area contributed by atoms with Crippen molar-refractivity contribution in [2.75, 3.05) is 14.2 Å². The number of hydrogen-bond acceptors (Lipinski definition) is 7. The fourth-order valence-electron chi connectivity index (χ4n) is 2.36. The Kier molecular flexibility index (Phi) is 4.66. The first kappa shape index (κ1) is 17.2. The molecule has 0 amide bonds. The fraction of sp³-hybridized carbons (Fsp3) is 0.111. The number of non-ortho nitro benzene ring substituents is 1. The van der Waals surface area contributed by atoms with Gasteiger partial charge in [0.2, 0.25) is 5.90 Å². The lowest BCUT2D eigenvalue weighted by atomic mass is 10.1. The molecule has 26 heavy (non-hydrogen) atoms. The van der Waals surface area contributed by atoms with Crippen molar-refractivity contribution in [3.05, 3.63) is 69.4 Å². The van der Waals surface area contributed by atoms with E-state index in [1.807, 2.05) is 0 Å². The number of esters is 1. The highest BCUT2D eigenvalue weighted by atomic mass is 16.6. The molecule has 8 nitrogen and oxygen atoms in total. The van der Waals surface area contributed by atoms with E-state index in [0.29, 0.717) is 22.6 Å². The number of methoxy groups -OCH3 is 2. The lowest BCUT2D eigenvalue weighted by Crippen LogP contribution is -2.05. The van der Waals surface area contributed by atoms with Crippen LogP contribution in [-0.4, -0.2) is 31.0 Å². The standard InChI is InChI=1S/C18H14N2O6/c1-24-14-7-8-16(25-2)12(9-14)10-15-18(21)26-17(19-15)11-3-5-13(6-4-11)20(22)23/h3-10H,1-2H3/b15-10+. The van der Waals surface area contributed by atoms with Crippen LogP contribution in [0.5, 0.6) is 11.5 Å². The molecule has 0 atom stereocenters. The second-order valence-corrected chi connectivity index (χ2v) is 5.25. The molecule has 0 saturated carbocycles. The summed E-state index contributed by atoms with van der Waals surface area (Å²) >= 11 is 0. The largest absolute Gasteiger partial charge is 0.497 e. The summed E-state index contributed by atoms with van der Waals surface area (Å²) < 4.78 is 15.6. The molecule has 0 radical (unpaired) electrons. The van der Waals surface area contributed by atoms with Gasteiger partial charge >= 0.3 is 5.97 Å². The van der Waals surface area contributed by atoms with E-state index >= 15 is 0 Å². The smallest absolute Gasteiger partial charge is 0.363 e. The van der Waals surface area contributed by atoms with Crippen LogP contribution >= 0.6 is 0 Å². The number of nitro benzene ring substituents is 1. The van der Waals surface area contributed by atoms with Crippen molar-refractivity contribution < 1.29 is 23.9 Å². The Hall–Kier alpha value is -3.68. The van der Waals surface area contributed by atoms with Gasteiger partial charge in [0.05, 0.1) is 19.1 Å². The molecule has 2 aromatic rings. The highest BCUT2D eigenvalue weighted by molar-refractivity contribution is 6.13. The van der Waals surface area contributed by atoms with Crippen molar-refractivity contribution in [2.24, 2.45) is 4.99 Å². The summed E-state index contributed by atoms with van der Waals surface area (Å²) in [5.41, 5.74) is 1.10. The van der Waals surface area contributed by atoms with Crippen LogP contribution in [-0.2, 0) is 9.53 Å². The van der Waals surface area contributed by atoms with Gasteiger partial charge in [-0.2, -0.15) is 0 Å². The van der Waals surface area contributed by atoms with E-state index in [9.17, 15) is 14.9 Å². The molecular weight excluding hydrogens is 340 g/mol. The number of carbonyl (C=O) groups excluding carboxylic acids is 1. The minimum absolute atomic E-state index is 0.0597. The Morgan fingerprint density at radius 2 is 1.85 bits per heavy atom. The van der Waals surface area contributed by atoms with Crippen LogP contribution in [0.25, 0.3) is 6.08 Å². The third kappa shape index (κ3) is 3.39. The minimum Gasteiger partial charge on any atom is -0.497 e. The number of ether oxygens (including phenoxy) is 3.